The van der Waals surface area contributed by atoms with Crippen LogP contribution < -0.4 is 10.8 Å². The molecule has 0 fully saturated rings. The van der Waals surface area contributed by atoms with E-state index in [4.69, 9.17) is 0 Å². The van der Waals surface area contributed by atoms with Crippen molar-refractivity contribution in [1.82, 2.24) is 15.0 Å². The number of fused-ring (bicyclic) bond motifs is 1. The third kappa shape index (κ3) is 4.88. The summed E-state index contributed by atoms with van der Waals surface area (Å²) in [6.45, 7) is 12.8. The van der Waals surface area contributed by atoms with E-state index >= 15 is 4.39 Å². The maximum atomic E-state index is 15.3. The van der Waals surface area contributed by atoms with Crippen molar-refractivity contribution in [3.63, 3.8) is 0 Å². The molecule has 2 aromatic heterocycles. The van der Waals surface area contributed by atoms with E-state index in [1.165, 1.54) is 12.1 Å². The van der Waals surface area contributed by atoms with Crippen LogP contribution in [0, 0.1) is 12.7 Å². The number of aryl methyl sites for hydroxylation is 1. The summed E-state index contributed by atoms with van der Waals surface area (Å²) in [4.78, 5) is 13.4. The van der Waals surface area contributed by atoms with E-state index in [1.54, 1.807) is 26.1 Å². The van der Waals surface area contributed by atoms with Gasteiger partial charge in [0.05, 0.1) is 23.3 Å². The lowest BCUT2D eigenvalue weighted by molar-refractivity contribution is -0.170. The molecule has 1 unspecified atom stereocenters. The normalized spacial score (nSPS) is 14.1. The highest BCUT2D eigenvalue weighted by Gasteiger charge is 2.49. The van der Waals surface area contributed by atoms with Crippen LogP contribution in [-0.4, -0.2) is 37.0 Å². The largest absolute Gasteiger partial charge is 0.384 e. The molecule has 0 aliphatic carbocycles. The first-order chi connectivity index (χ1) is 16.5. The van der Waals surface area contributed by atoms with Crippen molar-refractivity contribution >= 4 is 29.3 Å². The second-order valence-electron chi connectivity index (χ2n) is 10.3. The summed E-state index contributed by atoms with van der Waals surface area (Å²) in [6.07, 6.45) is 1.55. The summed E-state index contributed by atoms with van der Waals surface area (Å²) in [5.74, 6) is -4.12. The summed E-state index contributed by atoms with van der Waals surface area (Å²) in [5.41, 5.74) is -2.62. The summed E-state index contributed by atoms with van der Waals surface area (Å²) in [6, 6.07) is 4.66. The number of hydrogen-bond acceptors (Lipinski definition) is 6. The predicted octanol–water partition coefficient (Wildman–Crippen LogP) is 6.31. The molecule has 0 aliphatic heterocycles. The Bertz CT molecular complexity index is 1310. The van der Waals surface area contributed by atoms with Crippen molar-refractivity contribution in [2.75, 3.05) is 5.32 Å². The molecule has 3 aromatic rings. The Hall–Kier alpha value is -2.51. The molecular weight excluding hydrogens is 488 g/mol. The maximum Gasteiger partial charge on any atom is 0.303 e. The van der Waals surface area contributed by atoms with Crippen LogP contribution in [0.3, 0.4) is 0 Å². The van der Waals surface area contributed by atoms with Gasteiger partial charge in [0.25, 0.3) is 0 Å². The Morgan fingerprint density at radius 1 is 1.06 bits per heavy atom. The molecule has 36 heavy (non-hydrogen) atoms. The van der Waals surface area contributed by atoms with Gasteiger partial charge in [-0.2, -0.15) is 8.78 Å². The average Bonchev–Trinajstić information content (AvgIpc) is 2.77. The van der Waals surface area contributed by atoms with Crippen LogP contribution in [0.5, 0.6) is 0 Å². The van der Waals surface area contributed by atoms with Gasteiger partial charge in [-0.25, -0.2) is 14.4 Å². The van der Waals surface area contributed by atoms with Crippen LogP contribution in [0.4, 0.5) is 19.0 Å². The number of hydrogen-bond donors (Lipinski definition) is 2. The molecule has 0 saturated carbocycles. The van der Waals surface area contributed by atoms with Gasteiger partial charge in [-0.05, 0) is 39.8 Å². The van der Waals surface area contributed by atoms with Crippen molar-refractivity contribution in [2.45, 2.75) is 84.3 Å². The van der Waals surface area contributed by atoms with Gasteiger partial charge in [-0.3, -0.25) is 4.98 Å². The number of aromatic nitrogens is 3. The Labute approximate surface area is 210 Å². The molecule has 1 atom stereocenters. The first-order valence-electron chi connectivity index (χ1n) is 11.9. The van der Waals surface area contributed by atoms with Gasteiger partial charge in [0, 0.05) is 22.3 Å². The Morgan fingerprint density at radius 3 is 2.22 bits per heavy atom. The molecule has 6 nitrogen and oxygen atoms in total. The molecule has 0 saturated heterocycles. The monoisotopic (exact) mass is 522 g/mol. The topological polar surface area (TPSA) is 88.0 Å². The highest BCUT2D eigenvalue weighted by molar-refractivity contribution is 7.72. The predicted molar refractivity (Wildman–Crippen MR) is 138 cm³/mol. The zero-order valence-corrected chi connectivity index (χ0v) is 22.8. The smallest absolute Gasteiger partial charge is 0.303 e. The Balaban J connectivity index is 2.11. The highest BCUT2D eigenvalue weighted by atomic mass is 31.2. The lowest BCUT2D eigenvalue weighted by Gasteiger charge is -2.30. The number of benzene rings is 1. The minimum absolute atomic E-state index is 0.00912. The molecule has 2 heterocycles. The summed E-state index contributed by atoms with van der Waals surface area (Å²) in [7, 11) is -2.85. The van der Waals surface area contributed by atoms with E-state index in [-0.39, 0.29) is 16.9 Å². The maximum absolute atomic E-state index is 15.3. The van der Waals surface area contributed by atoms with Crippen molar-refractivity contribution in [3.8, 4) is 0 Å². The van der Waals surface area contributed by atoms with E-state index in [0.29, 0.717) is 28.0 Å². The zero-order chi connectivity index (χ0) is 27.2. The van der Waals surface area contributed by atoms with E-state index in [9.17, 15) is 18.5 Å². The number of aliphatic hydroxyl groups is 1. The van der Waals surface area contributed by atoms with Crippen molar-refractivity contribution < 1.29 is 22.8 Å². The number of nitrogens with one attached hydrogen (secondary N) is 1. The molecule has 3 rings (SSSR count). The molecular formula is C26H34F3N4O2P. The van der Waals surface area contributed by atoms with Gasteiger partial charge >= 0.3 is 5.92 Å². The number of nitrogens with zero attached hydrogens (tertiary/aromatic N) is 3. The number of rotatable bonds is 8. The molecule has 0 amide bonds. The molecule has 10 heteroatoms. The van der Waals surface area contributed by atoms with E-state index in [0.717, 1.165) is 19.9 Å². The minimum Gasteiger partial charge on any atom is -0.384 e. The summed E-state index contributed by atoms with van der Waals surface area (Å²) in [5, 5.41) is 13.6. The third-order valence-electron chi connectivity index (χ3n) is 6.53. The quantitative estimate of drug-likeness (QED) is 0.337. The highest BCUT2D eigenvalue weighted by Crippen LogP contribution is 2.53. The second-order valence-corrected chi connectivity index (χ2v) is 14.2. The lowest BCUT2D eigenvalue weighted by atomic mass is 9.91. The fourth-order valence-electron chi connectivity index (χ4n) is 4.30. The van der Waals surface area contributed by atoms with Gasteiger partial charge < -0.3 is 15.0 Å². The van der Waals surface area contributed by atoms with Crippen molar-refractivity contribution in [1.29, 1.82) is 0 Å². The van der Waals surface area contributed by atoms with Crippen molar-refractivity contribution in [3.05, 3.63) is 53.2 Å². The number of pyridine rings is 1. The number of anilines is 1. The van der Waals surface area contributed by atoms with Crippen molar-refractivity contribution in [2.24, 2.45) is 0 Å². The van der Waals surface area contributed by atoms with Crippen LogP contribution in [0.15, 0.2) is 30.5 Å². The number of halogens is 3. The fourth-order valence-corrected chi connectivity index (χ4v) is 7.12. The Morgan fingerprint density at radius 2 is 1.67 bits per heavy atom. The molecule has 0 radical (unpaired) electrons. The average molecular weight is 523 g/mol. The van der Waals surface area contributed by atoms with Gasteiger partial charge in [-0.15, -0.1) is 0 Å². The van der Waals surface area contributed by atoms with E-state index in [1.807, 2.05) is 27.7 Å². The first kappa shape index (κ1) is 28.1. The standard InChI is InChI=1S/C26H34F3N4O2P/c1-14(2)36(35,15(3)4)22-12-19-21(13-30-22)32-17(6)33-24(19)31-16(5)18-10-9-11-20(23(18)27)26(28,29)25(7,8)34/h9-16,34H,1-8H3,(H,31,32,33). The molecule has 0 spiro atoms. The van der Waals surface area contributed by atoms with Crippen LogP contribution in [0.25, 0.3) is 10.9 Å². The van der Waals surface area contributed by atoms with Crippen LogP contribution in [0.2, 0.25) is 0 Å². The second kappa shape index (κ2) is 9.75. The van der Waals surface area contributed by atoms with Crippen LogP contribution in [0.1, 0.15) is 71.5 Å². The molecule has 1 aromatic carbocycles. The SMILES string of the molecule is Cc1nc(NC(C)c2cccc(C(F)(F)C(C)(C)O)c2F)c2cc(P(=O)(C(C)C)C(C)C)ncc2n1. The minimum atomic E-state index is -3.81. The van der Waals surface area contributed by atoms with Crippen LogP contribution >= 0.6 is 7.14 Å². The summed E-state index contributed by atoms with van der Waals surface area (Å²) >= 11 is 0. The van der Waals surface area contributed by atoms with Crippen LogP contribution in [-0.2, 0) is 10.5 Å². The molecule has 196 valence electrons. The van der Waals surface area contributed by atoms with Gasteiger partial charge in [0.2, 0.25) is 0 Å². The van der Waals surface area contributed by atoms with Gasteiger partial charge in [0.15, 0.2) is 0 Å². The zero-order valence-electron chi connectivity index (χ0n) is 21.9. The Kier molecular flexibility index (Phi) is 7.60. The van der Waals surface area contributed by atoms with E-state index < -0.39 is 36.1 Å². The molecule has 2 N–H and O–H groups in total. The molecule has 0 aliphatic rings. The fraction of sp³-hybridized carbons (Fsp3) is 0.500. The lowest BCUT2D eigenvalue weighted by Crippen LogP contribution is -2.41. The number of alkyl halides is 2. The van der Waals surface area contributed by atoms with E-state index in [2.05, 4.69) is 20.3 Å². The van der Waals surface area contributed by atoms with Gasteiger partial charge in [0.1, 0.15) is 35.6 Å². The molecule has 0 bridgehead atoms. The first-order valence-corrected chi connectivity index (χ1v) is 13.8. The third-order valence-corrected chi connectivity index (χ3v) is 10.6. The summed E-state index contributed by atoms with van der Waals surface area (Å²) < 4.78 is 58.8. The van der Waals surface area contributed by atoms with Gasteiger partial charge in [-0.1, -0.05) is 39.8 Å².